The average molecular weight is 261 g/mol. The molecule has 0 fully saturated rings. The maximum Gasteiger partial charge on any atom is 0.153 e. The SMILES string of the molecule is CSC(=S)NN=Cc1ccc2ccccc2n1. The smallest absolute Gasteiger partial charge is 0.153 e. The Morgan fingerprint density at radius 3 is 3.00 bits per heavy atom. The van der Waals surface area contributed by atoms with Crippen molar-refractivity contribution in [1.82, 2.24) is 10.4 Å². The molecule has 0 amide bonds. The van der Waals surface area contributed by atoms with E-state index in [9.17, 15) is 0 Å². The van der Waals surface area contributed by atoms with Crippen LogP contribution in [0.2, 0.25) is 0 Å². The van der Waals surface area contributed by atoms with Gasteiger partial charge in [0.15, 0.2) is 4.32 Å². The zero-order chi connectivity index (χ0) is 12.1. The molecule has 0 radical (unpaired) electrons. The Balaban J connectivity index is 2.16. The fourth-order valence-corrected chi connectivity index (χ4v) is 1.55. The number of thiocarbonyl (C=S) groups is 1. The molecule has 0 atom stereocenters. The topological polar surface area (TPSA) is 37.3 Å². The third-order valence-electron chi connectivity index (χ3n) is 2.16. The minimum Gasteiger partial charge on any atom is -0.262 e. The van der Waals surface area contributed by atoms with Crippen LogP contribution in [-0.4, -0.2) is 21.8 Å². The maximum atomic E-state index is 4.97. The zero-order valence-electron chi connectivity index (χ0n) is 9.25. The number of benzene rings is 1. The highest BCUT2D eigenvalue weighted by atomic mass is 32.2. The van der Waals surface area contributed by atoms with Crippen molar-refractivity contribution in [3.8, 4) is 0 Å². The Hall–Kier alpha value is -1.46. The van der Waals surface area contributed by atoms with Crippen LogP contribution in [-0.2, 0) is 0 Å². The lowest BCUT2D eigenvalue weighted by Crippen LogP contribution is -2.10. The summed E-state index contributed by atoms with van der Waals surface area (Å²) in [6.07, 6.45) is 3.56. The number of fused-ring (bicyclic) bond motifs is 1. The standard InChI is InChI=1S/C12H11N3S2/c1-17-12(16)15-13-8-10-7-6-9-4-2-3-5-11(9)14-10/h2-8H,1H3,(H,15,16). The lowest BCUT2D eigenvalue weighted by atomic mass is 10.2. The third-order valence-corrected chi connectivity index (χ3v) is 3.21. The van der Waals surface area contributed by atoms with Crippen molar-refractivity contribution >= 4 is 45.4 Å². The predicted octanol–water partition coefficient (Wildman–Crippen LogP) is 2.81. The monoisotopic (exact) mass is 261 g/mol. The molecule has 0 bridgehead atoms. The molecule has 1 aromatic heterocycles. The molecule has 2 rings (SSSR count). The highest BCUT2D eigenvalue weighted by Gasteiger charge is 1.95. The summed E-state index contributed by atoms with van der Waals surface area (Å²) in [6, 6.07) is 11.9. The Kier molecular flexibility index (Phi) is 4.06. The van der Waals surface area contributed by atoms with E-state index < -0.39 is 0 Å². The van der Waals surface area contributed by atoms with Gasteiger partial charge >= 0.3 is 0 Å². The van der Waals surface area contributed by atoms with E-state index in [0.717, 1.165) is 16.6 Å². The summed E-state index contributed by atoms with van der Waals surface area (Å²) in [5, 5.41) is 5.14. The molecular weight excluding hydrogens is 250 g/mol. The normalized spacial score (nSPS) is 10.9. The molecule has 0 aliphatic rings. The van der Waals surface area contributed by atoms with Crippen LogP contribution in [0.15, 0.2) is 41.5 Å². The highest BCUT2D eigenvalue weighted by molar-refractivity contribution is 8.22. The number of para-hydroxylation sites is 1. The number of hydrogen-bond acceptors (Lipinski definition) is 4. The fraction of sp³-hybridized carbons (Fsp3) is 0.0833. The largest absolute Gasteiger partial charge is 0.262 e. The van der Waals surface area contributed by atoms with Crippen LogP contribution >= 0.6 is 24.0 Å². The van der Waals surface area contributed by atoms with Gasteiger partial charge in [0, 0.05) is 5.39 Å². The van der Waals surface area contributed by atoms with Gasteiger partial charge in [-0.1, -0.05) is 48.2 Å². The van der Waals surface area contributed by atoms with Gasteiger partial charge in [0.05, 0.1) is 17.4 Å². The second-order valence-corrected chi connectivity index (χ2v) is 4.77. The van der Waals surface area contributed by atoms with Crippen LogP contribution < -0.4 is 5.43 Å². The number of hydrazone groups is 1. The molecule has 3 nitrogen and oxygen atoms in total. The van der Waals surface area contributed by atoms with Gasteiger partial charge in [0.25, 0.3) is 0 Å². The molecule has 0 spiro atoms. The Bertz CT molecular complexity index is 566. The fourth-order valence-electron chi connectivity index (χ4n) is 1.35. The first kappa shape index (κ1) is 12.0. The number of thioether (sulfide) groups is 1. The quantitative estimate of drug-likeness (QED) is 0.512. The van der Waals surface area contributed by atoms with Crippen molar-refractivity contribution in [2.75, 3.05) is 6.26 Å². The van der Waals surface area contributed by atoms with Crippen LogP contribution in [0.25, 0.3) is 10.9 Å². The van der Waals surface area contributed by atoms with Gasteiger partial charge in [-0.05, 0) is 18.4 Å². The average Bonchev–Trinajstić information content (AvgIpc) is 2.38. The van der Waals surface area contributed by atoms with E-state index in [1.165, 1.54) is 11.8 Å². The van der Waals surface area contributed by atoms with Crippen molar-refractivity contribution in [1.29, 1.82) is 0 Å². The third kappa shape index (κ3) is 3.25. The molecule has 0 unspecified atom stereocenters. The van der Waals surface area contributed by atoms with Crippen molar-refractivity contribution in [3.63, 3.8) is 0 Å². The molecule has 17 heavy (non-hydrogen) atoms. The van der Waals surface area contributed by atoms with E-state index in [1.807, 2.05) is 42.7 Å². The minimum absolute atomic E-state index is 0.641. The summed E-state index contributed by atoms with van der Waals surface area (Å²) in [5.41, 5.74) is 4.52. The molecular formula is C12H11N3S2. The molecule has 0 saturated carbocycles. The first-order valence-electron chi connectivity index (χ1n) is 5.02. The Morgan fingerprint density at radius 1 is 1.35 bits per heavy atom. The van der Waals surface area contributed by atoms with Crippen molar-refractivity contribution in [2.24, 2.45) is 5.10 Å². The van der Waals surface area contributed by atoms with Crippen molar-refractivity contribution in [3.05, 3.63) is 42.1 Å². The Labute approximate surface area is 109 Å². The lowest BCUT2D eigenvalue weighted by molar-refractivity contribution is 1.07. The number of aromatic nitrogens is 1. The molecule has 1 aromatic carbocycles. The van der Waals surface area contributed by atoms with E-state index in [4.69, 9.17) is 12.2 Å². The van der Waals surface area contributed by atoms with Gasteiger partial charge < -0.3 is 0 Å². The molecule has 2 aromatic rings. The van der Waals surface area contributed by atoms with Gasteiger partial charge in [-0.15, -0.1) is 0 Å². The molecule has 0 saturated heterocycles. The second kappa shape index (κ2) is 5.75. The molecule has 86 valence electrons. The number of nitrogens with zero attached hydrogens (tertiary/aromatic N) is 2. The van der Waals surface area contributed by atoms with Gasteiger partial charge in [-0.2, -0.15) is 5.10 Å². The Morgan fingerprint density at radius 2 is 2.18 bits per heavy atom. The maximum absolute atomic E-state index is 4.97. The number of pyridine rings is 1. The van der Waals surface area contributed by atoms with E-state index in [2.05, 4.69) is 15.5 Å². The van der Waals surface area contributed by atoms with Crippen LogP contribution in [0.5, 0.6) is 0 Å². The van der Waals surface area contributed by atoms with E-state index in [1.54, 1.807) is 6.21 Å². The highest BCUT2D eigenvalue weighted by Crippen LogP contribution is 2.10. The van der Waals surface area contributed by atoms with Gasteiger partial charge in [-0.3, -0.25) is 5.43 Å². The molecule has 1 heterocycles. The molecule has 5 heteroatoms. The number of hydrogen-bond donors (Lipinski definition) is 1. The van der Waals surface area contributed by atoms with Gasteiger partial charge in [0.2, 0.25) is 0 Å². The molecule has 1 N–H and O–H groups in total. The van der Waals surface area contributed by atoms with Crippen molar-refractivity contribution < 1.29 is 0 Å². The second-order valence-electron chi connectivity index (χ2n) is 3.29. The number of nitrogens with one attached hydrogen (secondary N) is 1. The first-order valence-corrected chi connectivity index (χ1v) is 6.66. The minimum atomic E-state index is 0.641. The van der Waals surface area contributed by atoms with Crippen molar-refractivity contribution in [2.45, 2.75) is 0 Å². The number of rotatable bonds is 2. The summed E-state index contributed by atoms with van der Waals surface area (Å²) < 4.78 is 0.641. The molecule has 0 aliphatic heterocycles. The van der Waals surface area contributed by atoms with E-state index in [0.29, 0.717) is 4.32 Å². The predicted molar refractivity (Wildman–Crippen MR) is 78.6 cm³/mol. The zero-order valence-corrected chi connectivity index (χ0v) is 10.9. The summed E-state index contributed by atoms with van der Waals surface area (Å²) in [4.78, 5) is 4.46. The van der Waals surface area contributed by atoms with Crippen LogP contribution in [0.3, 0.4) is 0 Å². The van der Waals surface area contributed by atoms with Gasteiger partial charge in [-0.25, -0.2) is 4.98 Å². The van der Waals surface area contributed by atoms with Crippen LogP contribution in [0.4, 0.5) is 0 Å². The lowest BCUT2D eigenvalue weighted by Gasteiger charge is -1.99. The van der Waals surface area contributed by atoms with Crippen LogP contribution in [0, 0.1) is 0 Å². The summed E-state index contributed by atoms with van der Waals surface area (Å²) in [5.74, 6) is 0. The van der Waals surface area contributed by atoms with Gasteiger partial charge in [0.1, 0.15) is 0 Å². The van der Waals surface area contributed by atoms with Crippen LogP contribution in [0.1, 0.15) is 5.69 Å². The summed E-state index contributed by atoms with van der Waals surface area (Å²) in [6.45, 7) is 0. The molecule has 0 aliphatic carbocycles. The summed E-state index contributed by atoms with van der Waals surface area (Å²) in [7, 11) is 0. The van der Waals surface area contributed by atoms with E-state index in [-0.39, 0.29) is 0 Å². The van der Waals surface area contributed by atoms with E-state index >= 15 is 0 Å². The summed E-state index contributed by atoms with van der Waals surface area (Å²) >= 11 is 6.41. The first-order chi connectivity index (χ1) is 8.29.